The summed E-state index contributed by atoms with van der Waals surface area (Å²) >= 11 is 1.43. The van der Waals surface area contributed by atoms with Gasteiger partial charge in [-0.05, 0) is 12.0 Å². The van der Waals surface area contributed by atoms with E-state index in [2.05, 4.69) is 10.6 Å². The maximum atomic E-state index is 11.9. The fraction of sp³-hybridized carbons (Fsp3) is 0.652. The molecule has 4 N–H and O–H groups in total. The summed E-state index contributed by atoms with van der Waals surface area (Å²) in [6, 6.07) is 9.69. The van der Waals surface area contributed by atoms with Crippen LogP contribution in [0.15, 0.2) is 30.3 Å². The molecule has 1 aromatic carbocycles. The molecule has 9 nitrogen and oxygen atoms in total. The number of nitrogens with one attached hydrogen (secondary N) is 2. The average Bonchev–Trinajstić information content (AvgIpc) is 2.84. The van der Waals surface area contributed by atoms with Crippen molar-refractivity contribution in [2.24, 2.45) is 0 Å². The molecule has 0 saturated carbocycles. The maximum Gasteiger partial charge on any atom is 0.220 e. The van der Waals surface area contributed by atoms with Crippen LogP contribution in [0.2, 0.25) is 0 Å². The Labute approximate surface area is 199 Å². The third-order valence-corrected chi connectivity index (χ3v) is 6.31. The van der Waals surface area contributed by atoms with Crippen LogP contribution in [0.25, 0.3) is 0 Å². The number of rotatable bonds is 14. The van der Waals surface area contributed by atoms with Crippen LogP contribution in [0.1, 0.15) is 31.7 Å². The van der Waals surface area contributed by atoms with Gasteiger partial charge in [0.05, 0.1) is 13.2 Å². The minimum Gasteiger partial charge on any atom is -0.394 e. The Morgan fingerprint density at radius 2 is 1.85 bits per heavy atom. The molecule has 1 aromatic rings. The van der Waals surface area contributed by atoms with Crippen molar-refractivity contribution in [3.05, 3.63) is 35.9 Å². The number of aliphatic hydroxyl groups excluding tert-OH is 2. The van der Waals surface area contributed by atoms with Crippen LogP contribution in [-0.2, 0) is 30.4 Å². The molecule has 0 unspecified atom stereocenters. The van der Waals surface area contributed by atoms with Crippen molar-refractivity contribution in [2.45, 2.75) is 62.6 Å². The quantitative estimate of drug-likeness (QED) is 0.286. The van der Waals surface area contributed by atoms with E-state index in [-0.39, 0.29) is 31.3 Å². The highest BCUT2D eigenvalue weighted by atomic mass is 32.2. The average molecular weight is 485 g/mol. The van der Waals surface area contributed by atoms with Crippen molar-refractivity contribution in [1.29, 1.82) is 0 Å². The first-order chi connectivity index (χ1) is 16.0. The van der Waals surface area contributed by atoms with Gasteiger partial charge in [0.25, 0.3) is 0 Å². The lowest BCUT2D eigenvalue weighted by molar-refractivity contribution is -0.234. The highest BCUT2D eigenvalue weighted by molar-refractivity contribution is 7.99. The second-order valence-corrected chi connectivity index (χ2v) is 8.91. The smallest absolute Gasteiger partial charge is 0.220 e. The van der Waals surface area contributed by atoms with Crippen LogP contribution in [0, 0.1) is 0 Å². The number of amides is 2. The predicted molar refractivity (Wildman–Crippen MR) is 126 cm³/mol. The van der Waals surface area contributed by atoms with Gasteiger partial charge in [-0.2, -0.15) is 0 Å². The van der Waals surface area contributed by atoms with Crippen molar-refractivity contribution in [1.82, 2.24) is 10.6 Å². The number of benzene rings is 1. The molecule has 0 radical (unpaired) electrons. The Morgan fingerprint density at radius 1 is 1.12 bits per heavy atom. The van der Waals surface area contributed by atoms with E-state index < -0.39 is 29.9 Å². The number of hydrogen-bond acceptors (Lipinski definition) is 8. The van der Waals surface area contributed by atoms with Gasteiger partial charge < -0.3 is 35.1 Å². The zero-order valence-corrected chi connectivity index (χ0v) is 20.1. The number of carbonyl (C=O) groups excluding carboxylic acids is 2. The number of thioether (sulfide) groups is 1. The van der Waals surface area contributed by atoms with Gasteiger partial charge in [0.15, 0.2) is 0 Å². The molecule has 0 aliphatic carbocycles. The highest BCUT2D eigenvalue weighted by Crippen LogP contribution is 2.32. The molecule has 1 saturated heterocycles. The second-order valence-electron chi connectivity index (χ2n) is 7.71. The first-order valence-corrected chi connectivity index (χ1v) is 12.3. The van der Waals surface area contributed by atoms with Crippen LogP contribution in [0.4, 0.5) is 0 Å². The first kappa shape index (κ1) is 27.6. The lowest BCUT2D eigenvalue weighted by atomic mass is 9.99. The molecule has 10 heteroatoms. The van der Waals surface area contributed by atoms with Crippen molar-refractivity contribution < 1.29 is 34.0 Å². The first-order valence-electron chi connectivity index (χ1n) is 11.3. The lowest BCUT2D eigenvalue weighted by Crippen LogP contribution is -2.59. The van der Waals surface area contributed by atoms with Crippen molar-refractivity contribution in [2.75, 3.05) is 32.6 Å². The van der Waals surface area contributed by atoms with Crippen molar-refractivity contribution >= 4 is 23.6 Å². The SMILES string of the molecule is CCCO[C@H]1[C@H](O)[C@@H](CO)O[C@@H](SCCNC(=O)CCC(=O)NC)[C@@H]1OCc1ccccc1. The largest absolute Gasteiger partial charge is 0.394 e. The topological polar surface area (TPSA) is 126 Å². The summed E-state index contributed by atoms with van der Waals surface area (Å²) < 4.78 is 18.0. The van der Waals surface area contributed by atoms with Gasteiger partial charge in [-0.3, -0.25) is 9.59 Å². The predicted octanol–water partition coefficient (Wildman–Crippen LogP) is 0.821. The van der Waals surface area contributed by atoms with Crippen LogP contribution in [-0.4, -0.2) is 84.4 Å². The van der Waals surface area contributed by atoms with Gasteiger partial charge in [-0.15, -0.1) is 11.8 Å². The minimum atomic E-state index is -1.02. The van der Waals surface area contributed by atoms with E-state index in [1.54, 1.807) is 0 Å². The molecule has 0 aromatic heterocycles. The second kappa shape index (κ2) is 15.3. The zero-order valence-electron chi connectivity index (χ0n) is 19.3. The van der Waals surface area contributed by atoms with Crippen LogP contribution in [0.5, 0.6) is 0 Å². The molecule has 2 rings (SSSR count). The summed E-state index contributed by atoms with van der Waals surface area (Å²) in [4.78, 5) is 23.2. The molecule has 1 aliphatic heterocycles. The van der Waals surface area contributed by atoms with Crippen LogP contribution >= 0.6 is 11.8 Å². The van der Waals surface area contributed by atoms with Gasteiger partial charge in [-0.1, -0.05) is 37.3 Å². The molecule has 5 atom stereocenters. The van der Waals surface area contributed by atoms with Gasteiger partial charge in [0.1, 0.15) is 29.9 Å². The van der Waals surface area contributed by atoms with Gasteiger partial charge in [0, 0.05) is 38.8 Å². The summed E-state index contributed by atoms with van der Waals surface area (Å²) in [6.07, 6.45) is -1.99. The third-order valence-electron chi connectivity index (χ3n) is 5.16. The molecule has 0 bridgehead atoms. The molecule has 2 amide bonds. The molecule has 1 fully saturated rings. The van der Waals surface area contributed by atoms with Gasteiger partial charge in [0.2, 0.25) is 11.8 Å². The Kier molecular flexibility index (Phi) is 12.7. The third kappa shape index (κ3) is 9.23. The fourth-order valence-corrected chi connectivity index (χ4v) is 4.47. The van der Waals surface area contributed by atoms with E-state index >= 15 is 0 Å². The van der Waals surface area contributed by atoms with E-state index in [9.17, 15) is 19.8 Å². The number of hydrogen-bond donors (Lipinski definition) is 4. The standard InChI is InChI=1S/C23H36N2O7S/c1-3-12-30-21-20(29)17(14-26)32-23(22(21)31-15-16-7-5-4-6-8-16)33-13-11-25-19(28)10-9-18(27)24-2/h4-8,17,20-23,26,29H,3,9-15H2,1-2H3,(H,24,27)(H,25,28)/t17-,20-,21+,22-,23+/m1/s1. The van der Waals surface area contributed by atoms with E-state index in [1.807, 2.05) is 37.3 Å². The molecule has 1 aliphatic rings. The van der Waals surface area contributed by atoms with E-state index in [1.165, 1.54) is 18.8 Å². The van der Waals surface area contributed by atoms with Gasteiger partial charge in [-0.25, -0.2) is 0 Å². The molecule has 1 heterocycles. The van der Waals surface area contributed by atoms with Gasteiger partial charge >= 0.3 is 0 Å². The molecule has 0 spiro atoms. The monoisotopic (exact) mass is 484 g/mol. The summed E-state index contributed by atoms with van der Waals surface area (Å²) in [5.74, 6) is 0.143. The van der Waals surface area contributed by atoms with E-state index in [0.717, 1.165) is 12.0 Å². The normalized spacial score (nSPS) is 24.9. The number of ether oxygens (including phenoxy) is 3. The summed E-state index contributed by atoms with van der Waals surface area (Å²) in [6.45, 7) is 2.80. The highest BCUT2D eigenvalue weighted by Gasteiger charge is 2.46. The Balaban J connectivity index is 1.97. The fourth-order valence-electron chi connectivity index (χ4n) is 3.37. The number of carbonyl (C=O) groups is 2. The molecule has 33 heavy (non-hydrogen) atoms. The van der Waals surface area contributed by atoms with Crippen molar-refractivity contribution in [3.63, 3.8) is 0 Å². The molecular formula is C23H36N2O7S. The zero-order chi connectivity index (χ0) is 24.1. The maximum absolute atomic E-state index is 11.9. The minimum absolute atomic E-state index is 0.124. The lowest BCUT2D eigenvalue weighted by Gasteiger charge is -2.44. The van der Waals surface area contributed by atoms with Crippen molar-refractivity contribution in [3.8, 4) is 0 Å². The summed E-state index contributed by atoms with van der Waals surface area (Å²) in [5.41, 5.74) is 0.483. The van der Waals surface area contributed by atoms with Crippen LogP contribution < -0.4 is 10.6 Å². The molecule has 186 valence electrons. The Hall–Kier alpha value is -1.69. The molecular weight excluding hydrogens is 448 g/mol. The van der Waals surface area contributed by atoms with E-state index in [4.69, 9.17) is 14.2 Å². The summed E-state index contributed by atoms with van der Waals surface area (Å²) in [5, 5.41) is 25.7. The summed E-state index contributed by atoms with van der Waals surface area (Å²) in [7, 11) is 1.53. The van der Waals surface area contributed by atoms with Crippen LogP contribution in [0.3, 0.4) is 0 Å². The number of aliphatic hydroxyl groups is 2. The Morgan fingerprint density at radius 3 is 2.52 bits per heavy atom. The van der Waals surface area contributed by atoms with E-state index in [0.29, 0.717) is 25.5 Å². The Bertz CT molecular complexity index is 709.